The number of fused-ring (bicyclic) bond motifs is 1. The first-order chi connectivity index (χ1) is 10.1. The van der Waals surface area contributed by atoms with Crippen LogP contribution in [0.3, 0.4) is 0 Å². The van der Waals surface area contributed by atoms with Gasteiger partial charge in [-0.25, -0.2) is 0 Å². The van der Waals surface area contributed by atoms with E-state index >= 15 is 0 Å². The highest BCUT2D eigenvalue weighted by molar-refractivity contribution is 5.83. The van der Waals surface area contributed by atoms with Crippen LogP contribution in [0.2, 0.25) is 0 Å². The molecule has 1 saturated heterocycles. The molecular weight excluding hydrogens is 256 g/mol. The third-order valence-electron chi connectivity index (χ3n) is 4.75. The van der Waals surface area contributed by atoms with Gasteiger partial charge in [0.2, 0.25) is 0 Å². The molecule has 1 aliphatic heterocycles. The Kier molecular flexibility index (Phi) is 4.01. The van der Waals surface area contributed by atoms with Crippen molar-refractivity contribution in [3.63, 3.8) is 0 Å². The molecule has 2 aromatic rings. The van der Waals surface area contributed by atoms with E-state index in [9.17, 15) is 0 Å². The lowest BCUT2D eigenvalue weighted by atomic mass is 9.83. The van der Waals surface area contributed by atoms with Crippen molar-refractivity contribution >= 4 is 10.8 Å². The maximum Gasteiger partial charge on any atom is 0.0470 e. The molecule has 3 rings (SSSR count). The summed E-state index contributed by atoms with van der Waals surface area (Å²) in [6, 6.07) is 15.7. The average Bonchev–Trinajstić information content (AvgIpc) is 2.47. The van der Waals surface area contributed by atoms with E-state index in [-0.39, 0.29) is 0 Å². The van der Waals surface area contributed by atoms with E-state index in [0.29, 0.717) is 18.0 Å². The van der Waals surface area contributed by atoms with Crippen LogP contribution >= 0.6 is 0 Å². The SMILES string of the molecule is CC1(C)CCCN(C(CN)c2ccc3ccccc3c2)C1. The second kappa shape index (κ2) is 5.78. The van der Waals surface area contributed by atoms with Gasteiger partial charge in [-0.1, -0.05) is 50.2 Å². The zero-order valence-corrected chi connectivity index (χ0v) is 13.2. The fraction of sp³-hybridized carbons (Fsp3) is 0.474. The zero-order chi connectivity index (χ0) is 14.9. The lowest BCUT2D eigenvalue weighted by Crippen LogP contribution is -2.44. The number of benzene rings is 2. The lowest BCUT2D eigenvalue weighted by molar-refractivity contribution is 0.0807. The van der Waals surface area contributed by atoms with Gasteiger partial charge in [-0.05, 0) is 47.2 Å². The summed E-state index contributed by atoms with van der Waals surface area (Å²) in [4.78, 5) is 2.58. The monoisotopic (exact) mass is 282 g/mol. The van der Waals surface area contributed by atoms with Crippen LogP contribution < -0.4 is 5.73 Å². The van der Waals surface area contributed by atoms with Gasteiger partial charge in [-0.15, -0.1) is 0 Å². The molecule has 0 radical (unpaired) electrons. The molecule has 2 aromatic carbocycles. The van der Waals surface area contributed by atoms with E-state index in [1.54, 1.807) is 0 Å². The number of nitrogens with zero attached hydrogens (tertiary/aromatic N) is 1. The van der Waals surface area contributed by atoms with E-state index in [1.807, 2.05) is 0 Å². The van der Waals surface area contributed by atoms with E-state index in [1.165, 1.54) is 29.2 Å². The summed E-state index contributed by atoms with van der Waals surface area (Å²) >= 11 is 0. The second-order valence-corrected chi connectivity index (χ2v) is 7.10. The highest BCUT2D eigenvalue weighted by atomic mass is 15.2. The first-order valence-electron chi connectivity index (χ1n) is 8.02. The number of hydrogen-bond donors (Lipinski definition) is 1. The quantitative estimate of drug-likeness (QED) is 0.923. The maximum atomic E-state index is 6.13. The number of hydrogen-bond acceptors (Lipinski definition) is 2. The minimum absolute atomic E-state index is 0.342. The fourth-order valence-corrected chi connectivity index (χ4v) is 3.65. The van der Waals surface area contributed by atoms with Crippen molar-refractivity contribution in [2.75, 3.05) is 19.6 Å². The minimum atomic E-state index is 0.342. The zero-order valence-electron chi connectivity index (χ0n) is 13.2. The smallest absolute Gasteiger partial charge is 0.0470 e. The molecule has 112 valence electrons. The van der Waals surface area contributed by atoms with Crippen LogP contribution in [0.1, 0.15) is 38.3 Å². The molecule has 1 unspecified atom stereocenters. The molecule has 1 atom stereocenters. The van der Waals surface area contributed by atoms with E-state index in [2.05, 4.69) is 61.2 Å². The van der Waals surface area contributed by atoms with Crippen molar-refractivity contribution in [1.82, 2.24) is 4.90 Å². The van der Waals surface area contributed by atoms with Gasteiger partial charge >= 0.3 is 0 Å². The van der Waals surface area contributed by atoms with Crippen LogP contribution in [0.5, 0.6) is 0 Å². The summed E-state index contributed by atoms with van der Waals surface area (Å²) in [5.41, 5.74) is 7.89. The molecule has 1 heterocycles. The van der Waals surface area contributed by atoms with Gasteiger partial charge in [-0.3, -0.25) is 4.90 Å². The van der Waals surface area contributed by atoms with Gasteiger partial charge < -0.3 is 5.73 Å². The molecule has 1 fully saturated rings. The van der Waals surface area contributed by atoms with Crippen LogP contribution in [0, 0.1) is 5.41 Å². The van der Waals surface area contributed by atoms with Gasteiger partial charge in [0.1, 0.15) is 0 Å². The summed E-state index contributed by atoms with van der Waals surface area (Å²) < 4.78 is 0. The summed E-state index contributed by atoms with van der Waals surface area (Å²) in [5, 5.41) is 2.61. The first kappa shape index (κ1) is 14.6. The Morgan fingerprint density at radius 1 is 1.14 bits per heavy atom. The van der Waals surface area contributed by atoms with E-state index in [0.717, 1.165) is 13.1 Å². The number of likely N-dealkylation sites (tertiary alicyclic amines) is 1. The predicted molar refractivity (Wildman–Crippen MR) is 90.3 cm³/mol. The highest BCUT2D eigenvalue weighted by Gasteiger charge is 2.30. The predicted octanol–water partition coefficient (Wildman–Crippen LogP) is 3.96. The van der Waals surface area contributed by atoms with Crippen molar-refractivity contribution < 1.29 is 0 Å². The van der Waals surface area contributed by atoms with Crippen LogP contribution in [0.25, 0.3) is 10.8 Å². The van der Waals surface area contributed by atoms with Gasteiger partial charge in [-0.2, -0.15) is 0 Å². The Morgan fingerprint density at radius 3 is 2.62 bits per heavy atom. The van der Waals surface area contributed by atoms with Crippen LogP contribution in [-0.4, -0.2) is 24.5 Å². The van der Waals surface area contributed by atoms with Crippen molar-refractivity contribution in [3.05, 3.63) is 48.0 Å². The molecule has 0 spiro atoms. The Morgan fingerprint density at radius 2 is 1.90 bits per heavy atom. The second-order valence-electron chi connectivity index (χ2n) is 7.10. The van der Waals surface area contributed by atoms with E-state index in [4.69, 9.17) is 5.73 Å². The molecule has 1 aliphatic rings. The molecular formula is C19H26N2. The Hall–Kier alpha value is -1.38. The lowest BCUT2D eigenvalue weighted by Gasteiger charge is -2.42. The van der Waals surface area contributed by atoms with Gasteiger partial charge in [0.25, 0.3) is 0 Å². The van der Waals surface area contributed by atoms with Crippen LogP contribution in [-0.2, 0) is 0 Å². The molecule has 2 N–H and O–H groups in total. The third-order valence-corrected chi connectivity index (χ3v) is 4.75. The molecule has 0 amide bonds. The highest BCUT2D eigenvalue weighted by Crippen LogP contribution is 2.34. The molecule has 2 nitrogen and oxygen atoms in total. The summed E-state index contributed by atoms with van der Waals surface area (Å²) in [6.07, 6.45) is 2.59. The molecule has 0 aliphatic carbocycles. The summed E-state index contributed by atoms with van der Waals surface area (Å²) in [5.74, 6) is 0. The van der Waals surface area contributed by atoms with Gasteiger partial charge in [0, 0.05) is 19.1 Å². The number of rotatable bonds is 3. The van der Waals surface area contributed by atoms with Crippen molar-refractivity contribution in [2.45, 2.75) is 32.7 Å². The summed E-state index contributed by atoms with van der Waals surface area (Å²) in [7, 11) is 0. The molecule has 0 aromatic heterocycles. The minimum Gasteiger partial charge on any atom is -0.329 e. The molecule has 21 heavy (non-hydrogen) atoms. The largest absolute Gasteiger partial charge is 0.329 e. The standard InChI is InChI=1S/C19H26N2/c1-19(2)10-5-11-21(14-19)18(13-20)17-9-8-15-6-3-4-7-16(15)12-17/h3-4,6-9,12,18H,5,10-11,13-14,20H2,1-2H3. The molecule has 0 saturated carbocycles. The van der Waals surface area contributed by atoms with Crippen LogP contribution in [0.15, 0.2) is 42.5 Å². The third kappa shape index (κ3) is 3.12. The average molecular weight is 282 g/mol. The van der Waals surface area contributed by atoms with Crippen molar-refractivity contribution in [2.24, 2.45) is 11.1 Å². The van der Waals surface area contributed by atoms with Gasteiger partial charge in [0.05, 0.1) is 0 Å². The number of piperidine rings is 1. The maximum absolute atomic E-state index is 6.13. The Bertz CT molecular complexity index is 618. The number of nitrogens with two attached hydrogens (primary N) is 1. The van der Waals surface area contributed by atoms with Gasteiger partial charge in [0.15, 0.2) is 0 Å². The summed E-state index contributed by atoms with van der Waals surface area (Å²) in [6.45, 7) is 7.73. The first-order valence-corrected chi connectivity index (χ1v) is 8.02. The van der Waals surface area contributed by atoms with Crippen LogP contribution in [0.4, 0.5) is 0 Å². The van der Waals surface area contributed by atoms with Crippen molar-refractivity contribution in [3.8, 4) is 0 Å². The fourth-order valence-electron chi connectivity index (χ4n) is 3.65. The molecule has 0 bridgehead atoms. The molecule has 2 heteroatoms. The Balaban J connectivity index is 1.90. The normalized spacial score (nSPS) is 20.5. The van der Waals surface area contributed by atoms with E-state index < -0.39 is 0 Å². The topological polar surface area (TPSA) is 29.3 Å². The van der Waals surface area contributed by atoms with Crippen molar-refractivity contribution in [1.29, 1.82) is 0 Å². The Labute approximate surface area is 127 Å².